The van der Waals surface area contributed by atoms with E-state index in [-0.39, 0.29) is 18.1 Å². The van der Waals surface area contributed by atoms with Crippen LogP contribution in [0.15, 0.2) is 11.6 Å². The van der Waals surface area contributed by atoms with Gasteiger partial charge in [-0.1, -0.05) is 6.92 Å². The van der Waals surface area contributed by atoms with Gasteiger partial charge in [0.25, 0.3) is 0 Å². The van der Waals surface area contributed by atoms with Crippen molar-refractivity contribution >= 4 is 17.4 Å². The number of urea groups is 1. The summed E-state index contributed by atoms with van der Waals surface area (Å²) in [7, 11) is 1.88. The van der Waals surface area contributed by atoms with Crippen LogP contribution in [0.25, 0.3) is 0 Å². The molecule has 0 saturated carbocycles. The van der Waals surface area contributed by atoms with Crippen LogP contribution in [-0.2, 0) is 7.05 Å². The Bertz CT molecular complexity index is 648. The maximum Gasteiger partial charge on any atom is 0.315 e. The second-order valence-corrected chi connectivity index (χ2v) is 6.36. The number of rotatable bonds is 5. The van der Waals surface area contributed by atoms with Gasteiger partial charge in [0.15, 0.2) is 0 Å². The molecule has 0 aromatic carbocycles. The lowest BCUT2D eigenvalue weighted by Crippen LogP contribution is -2.39. The minimum absolute atomic E-state index is 0.0547. The van der Waals surface area contributed by atoms with Crippen molar-refractivity contribution in [2.75, 3.05) is 0 Å². The number of hydrogen-bond acceptors (Lipinski definition) is 4. The standard InChI is InChI=1S/C15H23N5OS/c1-6-13(14-16-9(2)8-22-14)18-15(21)17-10(3)12-7-20(5)19-11(12)4/h7-8,10,13H,6H2,1-5H3,(H2,17,18,21)/t10-,13+/m1/s1. The van der Waals surface area contributed by atoms with E-state index in [0.29, 0.717) is 0 Å². The summed E-state index contributed by atoms with van der Waals surface area (Å²) in [6.07, 6.45) is 2.74. The number of nitrogens with one attached hydrogen (secondary N) is 2. The van der Waals surface area contributed by atoms with Crippen LogP contribution < -0.4 is 10.6 Å². The zero-order chi connectivity index (χ0) is 16.3. The zero-order valence-corrected chi connectivity index (χ0v) is 14.5. The van der Waals surface area contributed by atoms with E-state index in [1.165, 1.54) is 0 Å². The highest BCUT2D eigenvalue weighted by atomic mass is 32.1. The first kappa shape index (κ1) is 16.5. The fraction of sp³-hybridized carbons (Fsp3) is 0.533. The van der Waals surface area contributed by atoms with Gasteiger partial charge < -0.3 is 10.6 Å². The molecule has 0 aliphatic rings. The number of hydrogen-bond donors (Lipinski definition) is 2. The lowest BCUT2D eigenvalue weighted by molar-refractivity contribution is 0.233. The molecule has 0 fully saturated rings. The maximum absolute atomic E-state index is 12.2. The molecular formula is C15H23N5OS. The summed E-state index contributed by atoms with van der Waals surface area (Å²) in [5.74, 6) is 0. The molecule has 0 aliphatic heterocycles. The number of carbonyl (C=O) groups is 1. The average Bonchev–Trinajstić information content (AvgIpc) is 3.01. The summed E-state index contributed by atoms with van der Waals surface area (Å²) < 4.78 is 1.76. The molecule has 0 bridgehead atoms. The third kappa shape index (κ3) is 3.85. The predicted molar refractivity (Wildman–Crippen MR) is 87.9 cm³/mol. The van der Waals surface area contributed by atoms with Crippen molar-refractivity contribution in [3.05, 3.63) is 33.5 Å². The van der Waals surface area contributed by atoms with Gasteiger partial charge in [0.2, 0.25) is 0 Å². The molecule has 0 spiro atoms. The smallest absolute Gasteiger partial charge is 0.315 e. The van der Waals surface area contributed by atoms with Crippen molar-refractivity contribution in [1.82, 2.24) is 25.4 Å². The van der Waals surface area contributed by atoms with Gasteiger partial charge in [0.05, 0.1) is 17.8 Å². The third-order valence-corrected chi connectivity index (χ3v) is 4.59. The Balaban J connectivity index is 1.98. The van der Waals surface area contributed by atoms with Crippen LogP contribution in [0.5, 0.6) is 0 Å². The van der Waals surface area contributed by atoms with E-state index in [0.717, 1.165) is 28.4 Å². The van der Waals surface area contributed by atoms with Crippen molar-refractivity contribution in [3.8, 4) is 0 Å². The molecule has 2 aromatic heterocycles. The number of amides is 2. The molecule has 2 amide bonds. The second kappa shape index (κ2) is 6.91. The van der Waals surface area contributed by atoms with Crippen LogP contribution in [0.4, 0.5) is 4.79 Å². The molecule has 7 heteroatoms. The summed E-state index contributed by atoms with van der Waals surface area (Å²) in [4.78, 5) is 16.7. The van der Waals surface area contributed by atoms with Crippen LogP contribution >= 0.6 is 11.3 Å². The Labute approximate surface area is 135 Å². The van der Waals surface area contributed by atoms with Gasteiger partial charge in [-0.2, -0.15) is 5.10 Å². The molecule has 2 N–H and O–H groups in total. The van der Waals surface area contributed by atoms with Crippen LogP contribution in [0.3, 0.4) is 0 Å². The highest BCUT2D eigenvalue weighted by molar-refractivity contribution is 7.09. The summed E-state index contributed by atoms with van der Waals surface area (Å²) in [5, 5.41) is 13.2. The Hall–Kier alpha value is -1.89. The van der Waals surface area contributed by atoms with E-state index in [9.17, 15) is 4.79 Å². The van der Waals surface area contributed by atoms with E-state index in [2.05, 4.69) is 20.7 Å². The summed E-state index contributed by atoms with van der Waals surface area (Å²) in [6, 6.07) is -0.333. The van der Waals surface area contributed by atoms with Crippen molar-refractivity contribution in [2.45, 2.75) is 46.2 Å². The number of carbonyl (C=O) groups excluding carboxylic acids is 1. The molecule has 2 heterocycles. The molecule has 2 aromatic rings. The number of thiazole rings is 1. The van der Waals surface area contributed by atoms with Crippen LogP contribution in [0.2, 0.25) is 0 Å². The average molecular weight is 321 g/mol. The molecule has 120 valence electrons. The SMILES string of the molecule is CC[C@H](NC(=O)N[C@H](C)c1cn(C)nc1C)c1nc(C)cs1. The number of nitrogens with zero attached hydrogens (tertiary/aromatic N) is 3. The van der Waals surface area contributed by atoms with E-state index < -0.39 is 0 Å². The fourth-order valence-electron chi connectivity index (χ4n) is 2.39. The monoisotopic (exact) mass is 321 g/mol. The van der Waals surface area contributed by atoms with Gasteiger partial charge in [-0.05, 0) is 27.2 Å². The second-order valence-electron chi connectivity index (χ2n) is 5.47. The van der Waals surface area contributed by atoms with Gasteiger partial charge in [-0.15, -0.1) is 11.3 Å². The van der Waals surface area contributed by atoms with Crippen molar-refractivity contribution < 1.29 is 4.79 Å². The first-order valence-corrected chi connectivity index (χ1v) is 8.27. The van der Waals surface area contributed by atoms with Crippen molar-refractivity contribution in [1.29, 1.82) is 0 Å². The topological polar surface area (TPSA) is 71.8 Å². The van der Waals surface area contributed by atoms with Gasteiger partial charge in [-0.3, -0.25) is 4.68 Å². The predicted octanol–water partition coefficient (Wildman–Crippen LogP) is 3.00. The number of aromatic nitrogens is 3. The third-order valence-electron chi connectivity index (χ3n) is 3.51. The minimum atomic E-state index is -0.185. The summed E-state index contributed by atoms with van der Waals surface area (Å²) >= 11 is 1.58. The van der Waals surface area contributed by atoms with Gasteiger partial charge in [0.1, 0.15) is 5.01 Å². The molecule has 0 saturated heterocycles. The zero-order valence-electron chi connectivity index (χ0n) is 13.7. The fourth-order valence-corrected chi connectivity index (χ4v) is 3.32. The molecule has 2 atom stereocenters. The molecule has 0 radical (unpaired) electrons. The number of aryl methyl sites for hydroxylation is 3. The van der Waals surface area contributed by atoms with E-state index in [1.54, 1.807) is 16.0 Å². The maximum atomic E-state index is 12.2. The first-order valence-electron chi connectivity index (χ1n) is 7.39. The normalized spacial score (nSPS) is 13.7. The molecule has 22 heavy (non-hydrogen) atoms. The van der Waals surface area contributed by atoms with Crippen LogP contribution in [-0.4, -0.2) is 20.8 Å². The Morgan fingerprint density at radius 1 is 1.41 bits per heavy atom. The molecule has 6 nitrogen and oxygen atoms in total. The van der Waals surface area contributed by atoms with Crippen molar-refractivity contribution in [3.63, 3.8) is 0 Å². The first-order chi connectivity index (χ1) is 10.4. The van der Waals surface area contributed by atoms with E-state index in [4.69, 9.17) is 0 Å². The molecule has 0 aliphatic carbocycles. The minimum Gasteiger partial charge on any atom is -0.332 e. The molecular weight excluding hydrogens is 298 g/mol. The quantitative estimate of drug-likeness (QED) is 0.889. The highest BCUT2D eigenvalue weighted by Crippen LogP contribution is 2.21. The van der Waals surface area contributed by atoms with E-state index in [1.807, 2.05) is 46.3 Å². The Morgan fingerprint density at radius 3 is 2.64 bits per heavy atom. The lowest BCUT2D eigenvalue weighted by atomic mass is 10.1. The summed E-state index contributed by atoms with van der Waals surface area (Å²) in [5.41, 5.74) is 2.94. The highest BCUT2D eigenvalue weighted by Gasteiger charge is 2.18. The Kier molecular flexibility index (Phi) is 5.18. The largest absolute Gasteiger partial charge is 0.332 e. The van der Waals surface area contributed by atoms with E-state index >= 15 is 0 Å². The van der Waals surface area contributed by atoms with Gasteiger partial charge >= 0.3 is 6.03 Å². The van der Waals surface area contributed by atoms with Crippen LogP contribution in [0.1, 0.15) is 54.3 Å². The van der Waals surface area contributed by atoms with Gasteiger partial charge in [0, 0.05) is 29.9 Å². The molecule has 0 unspecified atom stereocenters. The molecule has 2 rings (SSSR count). The summed E-state index contributed by atoms with van der Waals surface area (Å²) in [6.45, 7) is 7.90. The van der Waals surface area contributed by atoms with Crippen LogP contribution in [0, 0.1) is 13.8 Å². The van der Waals surface area contributed by atoms with Crippen molar-refractivity contribution in [2.24, 2.45) is 7.05 Å². The Morgan fingerprint density at radius 2 is 2.14 bits per heavy atom. The lowest BCUT2D eigenvalue weighted by Gasteiger charge is -2.18. The van der Waals surface area contributed by atoms with Gasteiger partial charge in [-0.25, -0.2) is 9.78 Å².